The first-order chi connectivity index (χ1) is 15.7. The van der Waals surface area contributed by atoms with Crippen LogP contribution < -0.4 is 0 Å². The van der Waals surface area contributed by atoms with Crippen molar-refractivity contribution < 1.29 is 23.5 Å². The number of imide groups is 1. The van der Waals surface area contributed by atoms with E-state index in [1.807, 2.05) is 45.0 Å². The van der Waals surface area contributed by atoms with E-state index < -0.39 is 17.1 Å². The molecule has 7 nitrogen and oxygen atoms in total. The zero-order chi connectivity index (χ0) is 23.9. The van der Waals surface area contributed by atoms with Gasteiger partial charge in [-0.3, -0.25) is 14.5 Å². The van der Waals surface area contributed by atoms with Crippen LogP contribution in [-0.2, 0) is 16.1 Å². The van der Waals surface area contributed by atoms with Crippen LogP contribution in [0.25, 0.3) is 11.8 Å². The number of esters is 1. The highest BCUT2D eigenvalue weighted by Crippen LogP contribution is 2.35. The number of ether oxygens (including phenoxy) is 1. The lowest BCUT2D eigenvalue weighted by Crippen LogP contribution is -2.27. The van der Waals surface area contributed by atoms with Crippen LogP contribution in [0.15, 0.2) is 45.7 Å². The van der Waals surface area contributed by atoms with Gasteiger partial charge < -0.3 is 13.7 Å². The summed E-state index contributed by atoms with van der Waals surface area (Å²) in [6.45, 7) is 5.83. The Labute approximate surface area is 199 Å². The maximum absolute atomic E-state index is 13.0. The Morgan fingerprint density at radius 2 is 1.94 bits per heavy atom. The molecule has 1 fully saturated rings. The standard InChI is InChI=1S/C24H21ClN2O5S/c1-13-10-16(15(3)27(13)19-7-5-6-18(25)14(19)2)11-21-22(28)26(24(30)33-21)12-17-8-9-20(32-17)23(29)31-4/h5-11H,12H2,1-4H3. The molecule has 3 heterocycles. The van der Waals surface area contributed by atoms with Crippen molar-refractivity contribution in [1.29, 1.82) is 0 Å². The minimum atomic E-state index is -0.624. The van der Waals surface area contributed by atoms with Crippen molar-refractivity contribution in [2.24, 2.45) is 0 Å². The average Bonchev–Trinajstić information content (AvgIpc) is 3.44. The summed E-state index contributed by atoms with van der Waals surface area (Å²) >= 11 is 7.18. The summed E-state index contributed by atoms with van der Waals surface area (Å²) in [5, 5.41) is 0.276. The molecule has 3 aromatic rings. The number of carbonyl (C=O) groups excluding carboxylic acids is 3. The molecule has 0 N–H and O–H groups in total. The van der Waals surface area contributed by atoms with Gasteiger partial charge in [-0.15, -0.1) is 0 Å². The molecule has 33 heavy (non-hydrogen) atoms. The lowest BCUT2D eigenvalue weighted by Gasteiger charge is -2.13. The summed E-state index contributed by atoms with van der Waals surface area (Å²) in [5.74, 6) is -0.710. The number of carbonyl (C=O) groups is 3. The van der Waals surface area contributed by atoms with Gasteiger partial charge in [-0.2, -0.15) is 0 Å². The summed E-state index contributed by atoms with van der Waals surface area (Å²) in [4.78, 5) is 38.5. The number of nitrogens with zero attached hydrogens (tertiary/aromatic N) is 2. The van der Waals surface area contributed by atoms with Crippen LogP contribution in [0.1, 0.15) is 38.8 Å². The second-order valence-electron chi connectivity index (χ2n) is 7.57. The van der Waals surface area contributed by atoms with Gasteiger partial charge in [-0.1, -0.05) is 17.7 Å². The predicted octanol–water partition coefficient (Wildman–Crippen LogP) is 5.67. The highest BCUT2D eigenvalue weighted by molar-refractivity contribution is 8.18. The van der Waals surface area contributed by atoms with E-state index in [4.69, 9.17) is 16.0 Å². The molecule has 0 unspecified atom stereocenters. The fourth-order valence-corrected chi connectivity index (χ4v) is 4.75. The number of hydrogen-bond acceptors (Lipinski definition) is 6. The normalized spacial score (nSPS) is 15.1. The quantitative estimate of drug-likeness (QED) is 0.342. The fourth-order valence-electron chi connectivity index (χ4n) is 3.75. The van der Waals surface area contributed by atoms with Gasteiger partial charge in [-0.05, 0) is 80.1 Å². The smallest absolute Gasteiger partial charge is 0.373 e. The van der Waals surface area contributed by atoms with E-state index in [1.165, 1.54) is 13.2 Å². The van der Waals surface area contributed by atoms with Crippen molar-refractivity contribution in [3.8, 4) is 5.69 Å². The lowest BCUT2D eigenvalue weighted by molar-refractivity contribution is -0.123. The summed E-state index contributed by atoms with van der Waals surface area (Å²) in [6.07, 6.45) is 1.73. The van der Waals surface area contributed by atoms with Crippen molar-refractivity contribution >= 4 is 46.6 Å². The van der Waals surface area contributed by atoms with Gasteiger partial charge in [0.25, 0.3) is 11.1 Å². The Kier molecular flexibility index (Phi) is 6.23. The van der Waals surface area contributed by atoms with Crippen LogP contribution in [-0.4, -0.2) is 33.7 Å². The van der Waals surface area contributed by atoms with Gasteiger partial charge >= 0.3 is 5.97 Å². The molecule has 2 aromatic heterocycles. The molecule has 0 bridgehead atoms. The molecule has 1 saturated heterocycles. The third kappa shape index (κ3) is 4.24. The average molecular weight is 485 g/mol. The second-order valence-corrected chi connectivity index (χ2v) is 8.97. The predicted molar refractivity (Wildman–Crippen MR) is 127 cm³/mol. The molecule has 0 atom stereocenters. The van der Waals surface area contributed by atoms with E-state index in [2.05, 4.69) is 9.30 Å². The SMILES string of the molecule is COC(=O)c1ccc(CN2C(=O)SC(=Cc3cc(C)n(-c4cccc(Cl)c4C)c3C)C2=O)o1. The van der Waals surface area contributed by atoms with Gasteiger partial charge in [0.15, 0.2) is 0 Å². The maximum atomic E-state index is 13.0. The Hall–Kier alpha value is -3.23. The molecular formula is C24H21ClN2O5S. The number of amides is 2. The highest BCUT2D eigenvalue weighted by atomic mass is 35.5. The topological polar surface area (TPSA) is 81.8 Å². The third-order valence-electron chi connectivity index (χ3n) is 5.47. The van der Waals surface area contributed by atoms with Gasteiger partial charge in [0.2, 0.25) is 5.76 Å². The Bertz CT molecular complexity index is 1320. The third-order valence-corrected chi connectivity index (χ3v) is 6.79. The zero-order valence-electron chi connectivity index (χ0n) is 18.5. The van der Waals surface area contributed by atoms with Gasteiger partial charge in [-0.25, -0.2) is 4.79 Å². The number of aromatic nitrogens is 1. The number of rotatable bonds is 5. The van der Waals surface area contributed by atoms with Gasteiger partial charge in [0.1, 0.15) is 5.76 Å². The van der Waals surface area contributed by atoms with E-state index in [-0.39, 0.29) is 12.3 Å². The molecule has 1 aromatic carbocycles. The second kappa shape index (κ2) is 8.96. The Morgan fingerprint density at radius 3 is 2.67 bits per heavy atom. The van der Waals surface area contributed by atoms with Gasteiger partial charge in [0.05, 0.1) is 18.6 Å². The van der Waals surface area contributed by atoms with E-state index in [0.29, 0.717) is 15.7 Å². The van der Waals surface area contributed by atoms with Crippen LogP contribution in [0.2, 0.25) is 5.02 Å². The monoisotopic (exact) mass is 484 g/mol. The minimum Gasteiger partial charge on any atom is -0.463 e. The highest BCUT2D eigenvalue weighted by Gasteiger charge is 2.36. The fraction of sp³-hybridized carbons (Fsp3) is 0.208. The van der Waals surface area contributed by atoms with Crippen LogP contribution >= 0.6 is 23.4 Å². The number of hydrogen-bond donors (Lipinski definition) is 0. The number of benzene rings is 1. The van der Waals surface area contributed by atoms with E-state index in [0.717, 1.165) is 44.9 Å². The Morgan fingerprint density at radius 1 is 1.18 bits per heavy atom. The van der Waals surface area contributed by atoms with Crippen LogP contribution in [0.4, 0.5) is 4.79 Å². The Balaban J connectivity index is 1.61. The molecule has 0 radical (unpaired) electrons. The van der Waals surface area contributed by atoms with Crippen molar-refractivity contribution in [2.75, 3.05) is 7.11 Å². The maximum Gasteiger partial charge on any atom is 0.373 e. The molecule has 4 rings (SSSR count). The molecule has 1 aliphatic rings. The number of furan rings is 1. The van der Waals surface area contributed by atoms with Crippen LogP contribution in [0.3, 0.4) is 0 Å². The lowest BCUT2D eigenvalue weighted by atomic mass is 10.2. The van der Waals surface area contributed by atoms with E-state index in [1.54, 1.807) is 12.1 Å². The first-order valence-corrected chi connectivity index (χ1v) is 11.3. The number of aryl methyl sites for hydroxylation is 1. The summed E-state index contributed by atoms with van der Waals surface area (Å²) in [7, 11) is 1.25. The summed E-state index contributed by atoms with van der Waals surface area (Å²) < 4.78 is 12.1. The number of methoxy groups -OCH3 is 1. The molecule has 0 saturated carbocycles. The van der Waals surface area contributed by atoms with Crippen molar-refractivity contribution in [1.82, 2.24) is 9.47 Å². The molecule has 2 amide bonds. The molecular weight excluding hydrogens is 464 g/mol. The number of halogens is 1. The van der Waals surface area contributed by atoms with Crippen molar-refractivity contribution in [3.63, 3.8) is 0 Å². The molecule has 170 valence electrons. The largest absolute Gasteiger partial charge is 0.463 e. The molecule has 0 spiro atoms. The van der Waals surface area contributed by atoms with E-state index in [9.17, 15) is 14.4 Å². The zero-order valence-corrected chi connectivity index (χ0v) is 20.0. The van der Waals surface area contributed by atoms with Crippen molar-refractivity contribution in [3.05, 3.63) is 80.4 Å². The molecule has 0 aliphatic carbocycles. The molecule has 1 aliphatic heterocycles. The van der Waals surface area contributed by atoms with Crippen molar-refractivity contribution in [2.45, 2.75) is 27.3 Å². The van der Waals surface area contributed by atoms with Crippen LogP contribution in [0, 0.1) is 20.8 Å². The minimum absolute atomic E-state index is 0.0127. The van der Waals surface area contributed by atoms with Crippen LogP contribution in [0.5, 0.6) is 0 Å². The first kappa shape index (κ1) is 22.9. The first-order valence-electron chi connectivity index (χ1n) is 10.1. The number of thioether (sulfide) groups is 1. The summed E-state index contributed by atoms with van der Waals surface area (Å²) in [5.41, 5.74) is 4.66. The van der Waals surface area contributed by atoms with E-state index >= 15 is 0 Å². The summed E-state index contributed by atoms with van der Waals surface area (Å²) in [6, 6.07) is 10.7. The van der Waals surface area contributed by atoms with Gasteiger partial charge in [0, 0.05) is 22.1 Å². The molecule has 9 heteroatoms.